The quantitative estimate of drug-likeness (QED) is 0.641. The first kappa shape index (κ1) is 18.4. The van der Waals surface area contributed by atoms with E-state index in [2.05, 4.69) is 10.0 Å². The molecule has 0 fully saturated rings. The second kappa shape index (κ2) is 7.49. The van der Waals surface area contributed by atoms with Crippen LogP contribution in [0.4, 0.5) is 11.4 Å². The molecule has 3 rings (SSSR count). The van der Waals surface area contributed by atoms with Gasteiger partial charge < -0.3 is 5.32 Å². The summed E-state index contributed by atoms with van der Waals surface area (Å²) in [6.45, 7) is 1.88. The molecule has 1 amide bonds. The molecule has 0 aliphatic carbocycles. The molecule has 0 spiro atoms. The number of anilines is 2. The molecular formula is C18H15ClN2O3S2. The van der Waals surface area contributed by atoms with Gasteiger partial charge in [-0.25, -0.2) is 8.42 Å². The van der Waals surface area contributed by atoms with E-state index in [9.17, 15) is 13.2 Å². The van der Waals surface area contributed by atoms with E-state index < -0.39 is 10.0 Å². The third-order valence-corrected chi connectivity index (χ3v) is 6.77. The monoisotopic (exact) mass is 406 g/mol. The standard InChI is InChI=1S/C18H15ClN2O3S2/c1-12-4-7-15(11-16(12)19)20-18(22)13-5-8-14(9-6-13)21-26(23,24)17-3-2-10-25-17/h2-11,21H,1H3,(H,20,22). The fourth-order valence-electron chi connectivity index (χ4n) is 2.19. The lowest BCUT2D eigenvalue weighted by Gasteiger charge is -2.09. The minimum Gasteiger partial charge on any atom is -0.322 e. The Morgan fingerprint density at radius 1 is 1.04 bits per heavy atom. The summed E-state index contributed by atoms with van der Waals surface area (Å²) in [5.41, 5.74) is 2.30. The van der Waals surface area contributed by atoms with E-state index in [-0.39, 0.29) is 10.1 Å². The molecule has 8 heteroatoms. The maximum Gasteiger partial charge on any atom is 0.271 e. The van der Waals surface area contributed by atoms with E-state index in [0.29, 0.717) is 22.0 Å². The Hall–Kier alpha value is -2.35. The van der Waals surface area contributed by atoms with Gasteiger partial charge in [0.05, 0.1) is 0 Å². The minimum absolute atomic E-state index is 0.232. The summed E-state index contributed by atoms with van der Waals surface area (Å²) in [4.78, 5) is 12.3. The van der Waals surface area contributed by atoms with Gasteiger partial charge in [0.25, 0.3) is 15.9 Å². The highest BCUT2D eigenvalue weighted by Crippen LogP contribution is 2.22. The zero-order valence-electron chi connectivity index (χ0n) is 13.7. The van der Waals surface area contributed by atoms with E-state index in [1.165, 1.54) is 6.07 Å². The van der Waals surface area contributed by atoms with Crippen molar-refractivity contribution in [2.75, 3.05) is 10.0 Å². The predicted octanol–water partition coefficient (Wildman–Crippen LogP) is 4.76. The molecule has 0 aliphatic rings. The van der Waals surface area contributed by atoms with Gasteiger partial charge in [-0.1, -0.05) is 23.7 Å². The fraction of sp³-hybridized carbons (Fsp3) is 0.0556. The SMILES string of the molecule is Cc1ccc(NC(=O)c2ccc(NS(=O)(=O)c3cccs3)cc2)cc1Cl. The van der Waals surface area contributed by atoms with Gasteiger partial charge in [0, 0.05) is 22.0 Å². The predicted molar refractivity (Wildman–Crippen MR) is 106 cm³/mol. The van der Waals surface area contributed by atoms with E-state index in [1.807, 2.05) is 13.0 Å². The Labute approximate surface area is 160 Å². The maximum absolute atomic E-state index is 12.3. The van der Waals surface area contributed by atoms with Crippen LogP contribution in [0.2, 0.25) is 5.02 Å². The summed E-state index contributed by atoms with van der Waals surface area (Å²) in [6, 6.07) is 14.7. The molecule has 2 aromatic carbocycles. The summed E-state index contributed by atoms with van der Waals surface area (Å²) < 4.78 is 27.1. The lowest BCUT2D eigenvalue weighted by molar-refractivity contribution is 0.102. The first-order chi connectivity index (χ1) is 12.3. The van der Waals surface area contributed by atoms with Crippen molar-refractivity contribution >= 4 is 50.2 Å². The topological polar surface area (TPSA) is 75.3 Å². The van der Waals surface area contributed by atoms with Gasteiger partial charge in [-0.2, -0.15) is 0 Å². The third kappa shape index (κ3) is 4.24. The second-order valence-electron chi connectivity index (χ2n) is 5.53. The normalized spacial score (nSPS) is 11.2. The molecule has 1 aromatic heterocycles. The highest BCUT2D eigenvalue weighted by molar-refractivity contribution is 7.94. The van der Waals surface area contributed by atoms with Crippen molar-refractivity contribution in [3.8, 4) is 0 Å². The Bertz CT molecular complexity index is 1030. The molecule has 0 atom stereocenters. The highest BCUT2D eigenvalue weighted by Gasteiger charge is 2.15. The molecule has 26 heavy (non-hydrogen) atoms. The second-order valence-corrected chi connectivity index (χ2v) is 8.80. The largest absolute Gasteiger partial charge is 0.322 e. The lowest BCUT2D eigenvalue weighted by atomic mass is 10.2. The number of benzene rings is 2. The van der Waals surface area contributed by atoms with Gasteiger partial charge >= 0.3 is 0 Å². The van der Waals surface area contributed by atoms with Crippen LogP contribution in [-0.2, 0) is 10.0 Å². The number of thiophene rings is 1. The Balaban J connectivity index is 1.71. The third-order valence-electron chi connectivity index (χ3n) is 3.59. The van der Waals surface area contributed by atoms with Crippen LogP contribution in [0.15, 0.2) is 64.2 Å². The van der Waals surface area contributed by atoms with Crippen molar-refractivity contribution in [2.24, 2.45) is 0 Å². The van der Waals surface area contributed by atoms with Crippen LogP contribution in [0.1, 0.15) is 15.9 Å². The molecule has 0 saturated heterocycles. The zero-order valence-corrected chi connectivity index (χ0v) is 16.1. The molecule has 0 aliphatic heterocycles. The van der Waals surface area contributed by atoms with Gasteiger partial charge in [-0.15, -0.1) is 11.3 Å². The highest BCUT2D eigenvalue weighted by atomic mass is 35.5. The molecule has 1 heterocycles. The number of hydrogen-bond acceptors (Lipinski definition) is 4. The van der Waals surface area contributed by atoms with Crippen molar-refractivity contribution in [3.05, 3.63) is 76.1 Å². The van der Waals surface area contributed by atoms with Crippen molar-refractivity contribution in [2.45, 2.75) is 11.1 Å². The van der Waals surface area contributed by atoms with Crippen LogP contribution in [0, 0.1) is 6.92 Å². The van der Waals surface area contributed by atoms with Crippen LogP contribution in [0.5, 0.6) is 0 Å². The van der Waals surface area contributed by atoms with Gasteiger partial charge in [-0.3, -0.25) is 9.52 Å². The number of aryl methyl sites for hydroxylation is 1. The summed E-state index contributed by atoms with van der Waals surface area (Å²) in [7, 11) is -3.61. The molecule has 134 valence electrons. The van der Waals surface area contributed by atoms with E-state index in [0.717, 1.165) is 16.9 Å². The molecule has 0 unspecified atom stereocenters. The molecular weight excluding hydrogens is 392 g/mol. The maximum atomic E-state index is 12.3. The van der Waals surface area contributed by atoms with Crippen LogP contribution < -0.4 is 10.0 Å². The van der Waals surface area contributed by atoms with Gasteiger partial charge in [0.2, 0.25) is 0 Å². The molecule has 2 N–H and O–H groups in total. The molecule has 5 nitrogen and oxygen atoms in total. The van der Waals surface area contributed by atoms with Gasteiger partial charge in [0.15, 0.2) is 0 Å². The first-order valence-electron chi connectivity index (χ1n) is 7.59. The molecule has 3 aromatic rings. The van der Waals surface area contributed by atoms with E-state index in [4.69, 9.17) is 11.6 Å². The molecule has 0 bridgehead atoms. The zero-order chi connectivity index (χ0) is 18.7. The average molecular weight is 407 g/mol. The summed E-state index contributed by atoms with van der Waals surface area (Å²) in [5.74, 6) is -0.308. The Kier molecular flexibility index (Phi) is 5.31. The molecule has 0 saturated carbocycles. The summed E-state index contributed by atoms with van der Waals surface area (Å²) in [5, 5.41) is 5.02. The van der Waals surface area contributed by atoms with Crippen molar-refractivity contribution in [3.63, 3.8) is 0 Å². The number of nitrogens with one attached hydrogen (secondary N) is 2. The summed E-state index contributed by atoms with van der Waals surface area (Å²) >= 11 is 7.19. The number of carbonyl (C=O) groups is 1. The molecule has 0 radical (unpaired) electrons. The van der Waals surface area contributed by atoms with Crippen LogP contribution >= 0.6 is 22.9 Å². The van der Waals surface area contributed by atoms with Gasteiger partial charge in [-0.05, 0) is 60.3 Å². The smallest absolute Gasteiger partial charge is 0.271 e. The number of rotatable bonds is 5. The first-order valence-corrected chi connectivity index (χ1v) is 10.3. The van der Waals surface area contributed by atoms with Gasteiger partial charge in [0.1, 0.15) is 4.21 Å². The number of carbonyl (C=O) groups excluding carboxylic acids is 1. The van der Waals surface area contributed by atoms with Crippen LogP contribution in [0.25, 0.3) is 0 Å². The van der Waals surface area contributed by atoms with Crippen LogP contribution in [0.3, 0.4) is 0 Å². The van der Waals surface area contributed by atoms with Crippen molar-refractivity contribution < 1.29 is 13.2 Å². The average Bonchev–Trinajstić information content (AvgIpc) is 3.14. The van der Waals surface area contributed by atoms with Crippen LogP contribution in [-0.4, -0.2) is 14.3 Å². The van der Waals surface area contributed by atoms with E-state index >= 15 is 0 Å². The van der Waals surface area contributed by atoms with E-state index in [1.54, 1.807) is 47.8 Å². The number of amides is 1. The minimum atomic E-state index is -3.61. The fourth-order valence-corrected chi connectivity index (χ4v) is 4.42. The van der Waals surface area contributed by atoms with Crippen molar-refractivity contribution in [1.82, 2.24) is 0 Å². The number of sulfonamides is 1. The van der Waals surface area contributed by atoms with Crippen molar-refractivity contribution in [1.29, 1.82) is 0 Å². The summed E-state index contributed by atoms with van der Waals surface area (Å²) in [6.07, 6.45) is 0. The number of hydrogen-bond donors (Lipinski definition) is 2. The lowest BCUT2D eigenvalue weighted by Crippen LogP contribution is -2.13. The Morgan fingerprint density at radius 3 is 2.35 bits per heavy atom. The number of halogens is 1. The Morgan fingerprint density at radius 2 is 1.73 bits per heavy atom.